The number of rotatable bonds is 4. The first-order valence-electron chi connectivity index (χ1n) is 18.2. The molecule has 0 saturated heterocycles. The molecular weight excluding hydrogens is 673 g/mol. The molecular formula is C50H28N4O. The second kappa shape index (κ2) is 11.8. The molecule has 5 heteroatoms. The van der Waals surface area contributed by atoms with Gasteiger partial charge in [-0.3, -0.25) is 0 Å². The largest absolute Gasteiger partial charge is 0.455 e. The van der Waals surface area contributed by atoms with E-state index in [1.807, 2.05) is 30.3 Å². The van der Waals surface area contributed by atoms with Gasteiger partial charge in [-0.2, -0.15) is 0 Å². The van der Waals surface area contributed by atoms with E-state index in [0.717, 1.165) is 88.4 Å². The molecule has 0 unspecified atom stereocenters. The van der Waals surface area contributed by atoms with Crippen LogP contribution in [-0.2, 0) is 0 Å². The molecule has 0 spiro atoms. The first-order chi connectivity index (χ1) is 27.2. The Balaban J connectivity index is 1.10. The summed E-state index contributed by atoms with van der Waals surface area (Å²) in [6.07, 6.45) is 0. The third-order valence-corrected chi connectivity index (χ3v) is 10.9. The number of aromatic nitrogens is 2. The number of fused-ring (bicyclic) bond motifs is 10. The summed E-state index contributed by atoms with van der Waals surface area (Å²) < 4.78 is 11.1. The van der Waals surface area contributed by atoms with E-state index in [4.69, 9.17) is 17.6 Å². The molecule has 0 amide bonds. The summed E-state index contributed by atoms with van der Waals surface area (Å²) in [7, 11) is 0. The van der Waals surface area contributed by atoms with Crippen molar-refractivity contribution in [3.8, 4) is 33.6 Å². The van der Waals surface area contributed by atoms with Gasteiger partial charge in [0.2, 0.25) is 0 Å². The van der Waals surface area contributed by atoms with Crippen LogP contribution in [0, 0.1) is 13.1 Å². The second-order valence-corrected chi connectivity index (χ2v) is 13.9. The summed E-state index contributed by atoms with van der Waals surface area (Å²) in [5, 5.41) is 6.47. The Labute approximate surface area is 315 Å². The summed E-state index contributed by atoms with van der Waals surface area (Å²) in [4.78, 5) is 7.61. The molecule has 0 aliphatic carbocycles. The predicted molar refractivity (Wildman–Crippen MR) is 226 cm³/mol. The molecule has 0 N–H and O–H groups in total. The number of hydrogen-bond acceptors (Lipinski definition) is 1. The van der Waals surface area contributed by atoms with E-state index in [1.165, 1.54) is 10.8 Å². The Hall–Kier alpha value is -7.86. The highest BCUT2D eigenvalue weighted by atomic mass is 16.3. The molecule has 0 fully saturated rings. The summed E-state index contributed by atoms with van der Waals surface area (Å²) in [5.41, 5.74) is 13.3. The minimum atomic E-state index is 0.588. The number of hydrogen-bond donors (Lipinski definition) is 0. The highest BCUT2D eigenvalue weighted by Gasteiger charge is 2.20. The van der Waals surface area contributed by atoms with Crippen LogP contribution in [0.5, 0.6) is 0 Å². The molecule has 8 aromatic carbocycles. The van der Waals surface area contributed by atoms with Gasteiger partial charge in [-0.25, -0.2) is 9.69 Å². The molecule has 11 aromatic rings. The second-order valence-electron chi connectivity index (χ2n) is 13.9. The maximum atomic E-state index is 8.10. The molecule has 0 atom stereocenters. The Morgan fingerprint density at radius 1 is 0.400 bits per heavy atom. The Morgan fingerprint density at radius 2 is 1.02 bits per heavy atom. The highest BCUT2D eigenvalue weighted by Crippen LogP contribution is 2.43. The van der Waals surface area contributed by atoms with E-state index >= 15 is 0 Å². The van der Waals surface area contributed by atoms with Crippen molar-refractivity contribution in [3.05, 3.63) is 193 Å². The fourth-order valence-corrected chi connectivity index (χ4v) is 8.57. The maximum Gasteiger partial charge on any atom is 0.189 e. The van der Waals surface area contributed by atoms with Gasteiger partial charge in [-0.1, -0.05) is 97.1 Å². The predicted octanol–water partition coefficient (Wildman–Crippen LogP) is 14.2. The van der Waals surface area contributed by atoms with Crippen molar-refractivity contribution in [2.45, 2.75) is 0 Å². The molecule has 11 rings (SSSR count). The summed E-state index contributed by atoms with van der Waals surface area (Å²) in [6.45, 7) is 15.7. The fraction of sp³-hybridized carbons (Fsp3) is 0. The van der Waals surface area contributed by atoms with Gasteiger partial charge in [0.15, 0.2) is 11.4 Å². The highest BCUT2D eigenvalue weighted by molar-refractivity contribution is 6.24. The van der Waals surface area contributed by atoms with Crippen LogP contribution in [0.3, 0.4) is 0 Å². The summed E-state index contributed by atoms with van der Waals surface area (Å²) >= 11 is 0. The lowest BCUT2D eigenvalue weighted by atomic mass is 9.93. The average Bonchev–Trinajstić information content (AvgIpc) is 3.91. The van der Waals surface area contributed by atoms with Crippen LogP contribution >= 0.6 is 0 Å². The summed E-state index contributed by atoms with van der Waals surface area (Å²) in [6, 6.07) is 58.7. The zero-order valence-corrected chi connectivity index (χ0v) is 29.4. The molecule has 0 radical (unpaired) electrons. The lowest BCUT2D eigenvalue weighted by Crippen LogP contribution is -1.96. The molecule has 3 aromatic heterocycles. The van der Waals surface area contributed by atoms with Crippen molar-refractivity contribution in [2.24, 2.45) is 0 Å². The van der Waals surface area contributed by atoms with Gasteiger partial charge in [0.1, 0.15) is 11.2 Å². The first kappa shape index (κ1) is 30.7. The van der Waals surface area contributed by atoms with Crippen LogP contribution in [0.4, 0.5) is 11.4 Å². The zero-order chi connectivity index (χ0) is 36.6. The molecule has 5 nitrogen and oxygen atoms in total. The van der Waals surface area contributed by atoms with E-state index < -0.39 is 0 Å². The van der Waals surface area contributed by atoms with Crippen molar-refractivity contribution in [1.29, 1.82) is 0 Å². The minimum absolute atomic E-state index is 0.588. The van der Waals surface area contributed by atoms with Crippen LogP contribution in [0.2, 0.25) is 0 Å². The van der Waals surface area contributed by atoms with E-state index in [2.05, 4.69) is 158 Å². The van der Waals surface area contributed by atoms with Crippen molar-refractivity contribution in [3.63, 3.8) is 0 Å². The topological polar surface area (TPSA) is 31.7 Å². The quantitative estimate of drug-likeness (QED) is 0.168. The van der Waals surface area contributed by atoms with Gasteiger partial charge in [0.25, 0.3) is 0 Å². The molecule has 0 saturated carbocycles. The Kier molecular flexibility index (Phi) is 6.61. The third kappa shape index (κ3) is 4.58. The van der Waals surface area contributed by atoms with Crippen molar-refractivity contribution >= 4 is 76.9 Å². The zero-order valence-electron chi connectivity index (χ0n) is 29.4. The Morgan fingerprint density at radius 3 is 1.75 bits per heavy atom. The first-order valence-corrected chi connectivity index (χ1v) is 18.2. The van der Waals surface area contributed by atoms with Crippen molar-refractivity contribution < 1.29 is 4.42 Å². The van der Waals surface area contributed by atoms with Gasteiger partial charge in [0, 0.05) is 38.3 Å². The van der Waals surface area contributed by atoms with E-state index in [-0.39, 0.29) is 0 Å². The third-order valence-electron chi connectivity index (χ3n) is 10.9. The number of benzene rings is 8. The fourth-order valence-electron chi connectivity index (χ4n) is 8.57. The van der Waals surface area contributed by atoms with E-state index in [0.29, 0.717) is 11.4 Å². The number of nitrogens with zero attached hydrogens (tertiary/aromatic N) is 4. The lowest BCUT2D eigenvalue weighted by molar-refractivity contribution is 0.673. The van der Waals surface area contributed by atoms with E-state index in [9.17, 15) is 0 Å². The van der Waals surface area contributed by atoms with Crippen LogP contribution in [0.1, 0.15) is 0 Å². The SMILES string of the molecule is [C-]#[N+]c1cc(-c2ccccc2-c2cccc(-n3c4ccccc4c4c5oc6ccc([N+]#[C-])cc6c5ccc43)c2)cc(-n2c3ccccc3c3ccccc32)c1. The van der Waals surface area contributed by atoms with Gasteiger partial charge < -0.3 is 13.6 Å². The van der Waals surface area contributed by atoms with Crippen LogP contribution in [0.15, 0.2) is 174 Å². The van der Waals surface area contributed by atoms with Gasteiger partial charge in [-0.15, -0.1) is 0 Å². The standard InChI is InChI=1S/C50H28N4O/c1-51-33-22-25-48-43(30-33)41-23-24-47-49(50(41)55-48)42-18-7-10-21-46(42)53(47)35-13-11-12-31(27-35)37-14-3-4-15-38(37)32-26-34(52-2)29-36(28-32)54-44-19-8-5-16-39(44)40-17-6-9-20-45(40)54/h3-30H. The van der Waals surface area contributed by atoms with Crippen molar-refractivity contribution in [1.82, 2.24) is 9.13 Å². The van der Waals surface area contributed by atoms with Crippen LogP contribution < -0.4 is 0 Å². The molecule has 55 heavy (non-hydrogen) atoms. The number of para-hydroxylation sites is 3. The minimum Gasteiger partial charge on any atom is -0.455 e. The smallest absolute Gasteiger partial charge is 0.189 e. The van der Waals surface area contributed by atoms with Crippen LogP contribution in [-0.4, -0.2) is 9.13 Å². The Bertz CT molecular complexity index is 3420. The molecule has 0 aliphatic heterocycles. The average molecular weight is 701 g/mol. The van der Waals surface area contributed by atoms with Gasteiger partial charge >= 0.3 is 0 Å². The molecule has 254 valence electrons. The van der Waals surface area contributed by atoms with Gasteiger partial charge in [-0.05, 0) is 95.1 Å². The van der Waals surface area contributed by atoms with Crippen molar-refractivity contribution in [2.75, 3.05) is 0 Å². The van der Waals surface area contributed by atoms with Gasteiger partial charge in [0.05, 0.1) is 40.6 Å². The lowest BCUT2D eigenvalue weighted by Gasteiger charge is -2.15. The number of furan rings is 1. The maximum absolute atomic E-state index is 8.10. The summed E-state index contributed by atoms with van der Waals surface area (Å²) in [5.74, 6) is 0. The van der Waals surface area contributed by atoms with Crippen LogP contribution in [0.25, 0.3) is 109 Å². The monoisotopic (exact) mass is 700 g/mol. The molecule has 0 bridgehead atoms. The molecule has 0 aliphatic rings. The normalized spacial score (nSPS) is 11.6. The molecule has 3 heterocycles. The van der Waals surface area contributed by atoms with E-state index in [1.54, 1.807) is 0 Å².